The highest BCUT2D eigenvalue weighted by atomic mass is 16.7. The summed E-state index contributed by atoms with van der Waals surface area (Å²) in [6.45, 7) is 7.73. The average molecular weight is 494 g/mol. The zero-order valence-corrected chi connectivity index (χ0v) is 21.6. The highest BCUT2D eigenvalue weighted by Gasteiger charge is 2.42. The zero-order chi connectivity index (χ0) is 25.5. The van der Waals surface area contributed by atoms with E-state index in [0.29, 0.717) is 13.2 Å². The molecule has 5 atom stereocenters. The van der Waals surface area contributed by atoms with Gasteiger partial charge >= 0.3 is 0 Å². The molecule has 5 unspecified atom stereocenters. The van der Waals surface area contributed by atoms with Crippen molar-refractivity contribution in [2.75, 3.05) is 13.2 Å². The van der Waals surface area contributed by atoms with E-state index in [1.165, 1.54) is 12.3 Å². The van der Waals surface area contributed by atoms with E-state index in [4.69, 9.17) is 15.2 Å². The number of hydrogen-bond donors (Lipinski definition) is 2. The molecule has 1 saturated heterocycles. The van der Waals surface area contributed by atoms with E-state index in [-0.39, 0.29) is 29.9 Å². The lowest BCUT2D eigenvalue weighted by molar-refractivity contribution is -0.239. The van der Waals surface area contributed by atoms with Crippen LogP contribution in [0.15, 0.2) is 48.7 Å². The molecule has 8 heteroatoms. The fourth-order valence-corrected chi connectivity index (χ4v) is 5.02. The normalized spacial score (nSPS) is 24.2. The number of rotatable bonds is 11. The van der Waals surface area contributed by atoms with Crippen molar-refractivity contribution >= 4 is 16.7 Å². The smallest absolute Gasteiger partial charge is 0.217 e. The molecule has 3 aromatic rings. The maximum Gasteiger partial charge on any atom is 0.217 e. The van der Waals surface area contributed by atoms with Gasteiger partial charge in [-0.05, 0) is 42.0 Å². The van der Waals surface area contributed by atoms with E-state index in [1.54, 1.807) is 0 Å². The van der Waals surface area contributed by atoms with E-state index in [9.17, 15) is 4.79 Å². The van der Waals surface area contributed by atoms with Crippen molar-refractivity contribution < 1.29 is 14.3 Å². The molecule has 0 aliphatic carbocycles. The predicted molar refractivity (Wildman–Crippen MR) is 141 cm³/mol. The van der Waals surface area contributed by atoms with E-state index >= 15 is 0 Å². The molecule has 2 heterocycles. The maximum absolute atomic E-state index is 11.9. The number of carbonyl (C=O) groups excluding carboxylic acids is 1. The van der Waals surface area contributed by atoms with Crippen LogP contribution in [0.1, 0.15) is 46.5 Å². The van der Waals surface area contributed by atoms with Crippen LogP contribution in [0.3, 0.4) is 0 Å². The summed E-state index contributed by atoms with van der Waals surface area (Å²) in [5.41, 5.74) is 7.49. The molecule has 1 fully saturated rings. The first-order valence-electron chi connectivity index (χ1n) is 13.1. The Balaban J connectivity index is 1.45. The quantitative estimate of drug-likeness (QED) is 0.389. The number of carbonyl (C=O) groups is 1. The molecule has 1 amide bonds. The summed E-state index contributed by atoms with van der Waals surface area (Å²) >= 11 is 0. The van der Waals surface area contributed by atoms with Crippen molar-refractivity contribution in [3.8, 4) is 11.3 Å². The van der Waals surface area contributed by atoms with Crippen molar-refractivity contribution in [3.05, 3.63) is 48.7 Å². The van der Waals surface area contributed by atoms with Gasteiger partial charge in [-0.1, -0.05) is 74.4 Å². The van der Waals surface area contributed by atoms with Gasteiger partial charge in [-0.25, -0.2) is 4.68 Å². The summed E-state index contributed by atoms with van der Waals surface area (Å²) in [4.78, 5) is 11.9. The number of ether oxygens (including phenoxy) is 2. The van der Waals surface area contributed by atoms with Crippen LogP contribution in [0.2, 0.25) is 0 Å². The molecular formula is C28H39N5O3. The Morgan fingerprint density at radius 3 is 2.67 bits per heavy atom. The molecule has 0 spiro atoms. The Bertz CT molecular complexity index is 1130. The first-order chi connectivity index (χ1) is 17.5. The van der Waals surface area contributed by atoms with Crippen LogP contribution >= 0.6 is 0 Å². The lowest BCUT2D eigenvalue weighted by atomic mass is 9.82. The average Bonchev–Trinajstić information content (AvgIpc) is 3.34. The van der Waals surface area contributed by atoms with Gasteiger partial charge in [0.25, 0.3) is 0 Å². The number of hydrogen-bond acceptors (Lipinski definition) is 6. The van der Waals surface area contributed by atoms with E-state index in [1.807, 2.05) is 29.1 Å². The Hall–Kier alpha value is -2.81. The van der Waals surface area contributed by atoms with Gasteiger partial charge in [0.2, 0.25) is 5.91 Å². The van der Waals surface area contributed by atoms with Crippen LogP contribution in [0.4, 0.5) is 0 Å². The minimum absolute atomic E-state index is 0.0753. The van der Waals surface area contributed by atoms with Gasteiger partial charge in [0.05, 0.1) is 24.9 Å². The van der Waals surface area contributed by atoms with Crippen LogP contribution in [-0.2, 0) is 20.8 Å². The molecule has 0 bridgehead atoms. The Morgan fingerprint density at radius 2 is 1.86 bits per heavy atom. The first-order valence-corrected chi connectivity index (χ1v) is 13.1. The summed E-state index contributed by atoms with van der Waals surface area (Å²) in [5, 5.41) is 14.3. The predicted octanol–water partition coefficient (Wildman–Crippen LogP) is 4.14. The summed E-state index contributed by atoms with van der Waals surface area (Å²) in [6.07, 6.45) is 5.51. The number of unbranched alkanes of at least 4 members (excludes halogenated alkanes) is 3. The monoisotopic (exact) mass is 493 g/mol. The number of aromatic nitrogens is 3. The van der Waals surface area contributed by atoms with Gasteiger partial charge < -0.3 is 20.5 Å². The SMILES string of the molecule is CC(=O)NC1C(OCCCCCCN)OC(Cn2cc(-c3cccc4ccccc34)nn2)C(C)C1C. The molecule has 36 heavy (non-hydrogen) atoms. The second-order valence-corrected chi connectivity index (χ2v) is 9.91. The molecule has 1 aliphatic rings. The van der Waals surface area contributed by atoms with Gasteiger partial charge in [-0.3, -0.25) is 4.79 Å². The zero-order valence-electron chi connectivity index (χ0n) is 21.6. The fourth-order valence-electron chi connectivity index (χ4n) is 5.02. The topological polar surface area (TPSA) is 104 Å². The van der Waals surface area contributed by atoms with Gasteiger partial charge in [0.1, 0.15) is 5.69 Å². The second kappa shape index (κ2) is 12.4. The van der Waals surface area contributed by atoms with Gasteiger partial charge in [-0.2, -0.15) is 0 Å². The van der Waals surface area contributed by atoms with Crippen LogP contribution in [-0.4, -0.2) is 52.5 Å². The van der Waals surface area contributed by atoms with Crippen molar-refractivity contribution in [2.45, 2.75) is 71.4 Å². The third-order valence-electron chi connectivity index (χ3n) is 7.31. The molecule has 4 rings (SSSR count). The minimum Gasteiger partial charge on any atom is -0.350 e. The minimum atomic E-state index is -0.499. The lowest BCUT2D eigenvalue weighted by Crippen LogP contribution is -2.58. The number of fused-ring (bicyclic) bond motifs is 1. The van der Waals surface area contributed by atoms with Crippen LogP contribution < -0.4 is 11.1 Å². The summed E-state index contributed by atoms with van der Waals surface area (Å²) < 4.78 is 14.5. The standard InChI is InChI=1S/C28H39N5O3/c1-19-20(2)27(30-21(3)34)28(35-16-9-5-4-8-15-29)36-26(19)18-33-17-25(31-32-33)24-14-10-12-22-11-6-7-13-23(22)24/h6-7,10-14,17,19-20,26-28H,4-5,8-9,15-16,18,29H2,1-3H3,(H,30,34). The fraction of sp³-hybridized carbons (Fsp3) is 0.536. The van der Waals surface area contributed by atoms with Gasteiger partial charge in [-0.15, -0.1) is 5.10 Å². The molecule has 0 saturated carbocycles. The van der Waals surface area contributed by atoms with E-state index in [2.05, 4.69) is 53.7 Å². The third kappa shape index (κ3) is 6.30. The first kappa shape index (κ1) is 26.3. The molecule has 194 valence electrons. The highest BCUT2D eigenvalue weighted by molar-refractivity contribution is 5.95. The van der Waals surface area contributed by atoms with Gasteiger partial charge in [0, 0.05) is 19.1 Å². The molecule has 2 aromatic carbocycles. The number of nitrogens with zero attached hydrogens (tertiary/aromatic N) is 3. The molecule has 1 aliphatic heterocycles. The van der Waals surface area contributed by atoms with E-state index in [0.717, 1.165) is 48.9 Å². The Kier molecular flexibility index (Phi) is 9.07. The van der Waals surface area contributed by atoms with Crippen molar-refractivity contribution in [1.82, 2.24) is 20.3 Å². The molecular weight excluding hydrogens is 454 g/mol. The van der Waals surface area contributed by atoms with Crippen LogP contribution in [0.5, 0.6) is 0 Å². The lowest BCUT2D eigenvalue weighted by Gasteiger charge is -2.44. The third-order valence-corrected chi connectivity index (χ3v) is 7.31. The van der Waals surface area contributed by atoms with Gasteiger partial charge in [0.15, 0.2) is 6.29 Å². The number of nitrogens with one attached hydrogen (secondary N) is 1. The Morgan fingerprint density at radius 1 is 1.08 bits per heavy atom. The Labute approximate surface area is 213 Å². The largest absolute Gasteiger partial charge is 0.350 e. The summed E-state index contributed by atoms with van der Waals surface area (Å²) in [5.74, 6) is 0.293. The molecule has 1 aromatic heterocycles. The summed E-state index contributed by atoms with van der Waals surface area (Å²) in [7, 11) is 0. The maximum atomic E-state index is 11.9. The summed E-state index contributed by atoms with van der Waals surface area (Å²) in [6, 6.07) is 14.3. The molecule has 8 nitrogen and oxygen atoms in total. The highest BCUT2D eigenvalue weighted by Crippen LogP contribution is 2.33. The van der Waals surface area contributed by atoms with Crippen LogP contribution in [0.25, 0.3) is 22.0 Å². The molecule has 3 N–H and O–H groups in total. The number of nitrogens with two attached hydrogens (primary N) is 1. The van der Waals surface area contributed by atoms with Crippen molar-refractivity contribution in [2.24, 2.45) is 17.6 Å². The van der Waals surface area contributed by atoms with Crippen molar-refractivity contribution in [1.29, 1.82) is 0 Å². The van der Waals surface area contributed by atoms with Crippen molar-refractivity contribution in [3.63, 3.8) is 0 Å². The second-order valence-electron chi connectivity index (χ2n) is 9.91. The number of benzene rings is 2. The number of amides is 1. The molecule has 0 radical (unpaired) electrons. The van der Waals surface area contributed by atoms with Crippen LogP contribution in [0, 0.1) is 11.8 Å². The van der Waals surface area contributed by atoms with E-state index < -0.39 is 6.29 Å².